The summed E-state index contributed by atoms with van der Waals surface area (Å²) in [7, 11) is 0. The fraction of sp³-hybridized carbons (Fsp3) is 0.222. The number of ether oxygens (including phenoxy) is 1. The number of benzene rings is 2. The number of nitrogens with one attached hydrogen (secondary N) is 2. The number of nitro groups is 1. The maximum absolute atomic E-state index is 11.9. The van der Waals surface area contributed by atoms with Crippen LogP contribution in [0.5, 0.6) is 5.75 Å². The summed E-state index contributed by atoms with van der Waals surface area (Å²) in [6.07, 6.45) is 0. The van der Waals surface area contributed by atoms with E-state index in [-0.39, 0.29) is 23.7 Å². The summed E-state index contributed by atoms with van der Waals surface area (Å²) in [5.41, 5.74) is 1.01. The number of non-ortho nitro benzene ring substituents is 1. The molecule has 2 aromatic rings. The maximum Gasteiger partial charge on any atom is 0.270 e. The summed E-state index contributed by atoms with van der Waals surface area (Å²) in [4.78, 5) is 33.8. The molecule has 2 aromatic carbocycles. The van der Waals surface area contributed by atoms with Crippen molar-refractivity contribution in [3.05, 3.63) is 69.8 Å². The Morgan fingerprint density at radius 1 is 1.12 bits per heavy atom. The third-order valence-corrected chi connectivity index (χ3v) is 3.41. The molecule has 0 aliphatic heterocycles. The molecule has 2 amide bonds. The molecule has 0 heterocycles. The van der Waals surface area contributed by atoms with E-state index in [2.05, 4.69) is 10.6 Å². The van der Waals surface area contributed by atoms with Crippen LogP contribution in [0.2, 0.25) is 0 Å². The van der Waals surface area contributed by atoms with Crippen molar-refractivity contribution in [3.8, 4) is 5.75 Å². The van der Waals surface area contributed by atoms with Crippen molar-refractivity contribution in [1.29, 1.82) is 0 Å². The van der Waals surface area contributed by atoms with Crippen molar-refractivity contribution in [3.63, 3.8) is 0 Å². The number of aryl methyl sites for hydroxylation is 1. The minimum absolute atomic E-state index is 0.120. The Hall–Kier alpha value is -3.42. The Kier molecular flexibility index (Phi) is 6.67. The predicted octanol–water partition coefficient (Wildman–Crippen LogP) is 1.83. The summed E-state index contributed by atoms with van der Waals surface area (Å²) < 4.78 is 5.50. The zero-order chi connectivity index (χ0) is 18.9. The molecule has 0 aromatic heterocycles. The molecule has 0 spiro atoms. The molecule has 2 N–H and O–H groups in total. The predicted molar refractivity (Wildman–Crippen MR) is 95.1 cm³/mol. The lowest BCUT2D eigenvalue weighted by Crippen LogP contribution is -2.38. The highest BCUT2D eigenvalue weighted by atomic mass is 16.6. The number of hydrogen-bond acceptors (Lipinski definition) is 5. The number of rotatable bonds is 8. The van der Waals surface area contributed by atoms with Crippen LogP contribution in [0.15, 0.2) is 48.5 Å². The van der Waals surface area contributed by atoms with Gasteiger partial charge in [-0.3, -0.25) is 19.7 Å². The van der Waals surface area contributed by atoms with E-state index in [1.54, 1.807) is 0 Å². The van der Waals surface area contributed by atoms with Crippen LogP contribution in [0.25, 0.3) is 0 Å². The third-order valence-electron chi connectivity index (χ3n) is 3.41. The number of hydrogen-bond donors (Lipinski definition) is 2. The SMILES string of the molecule is Cc1cccc(OCCNC(=O)CNC(=O)c2cccc([N+](=O)[O-])c2)c1. The van der Waals surface area contributed by atoms with Crippen LogP contribution in [-0.4, -0.2) is 36.4 Å². The van der Waals surface area contributed by atoms with E-state index in [1.807, 2.05) is 31.2 Å². The monoisotopic (exact) mass is 357 g/mol. The van der Waals surface area contributed by atoms with Crippen LogP contribution in [0, 0.1) is 17.0 Å². The molecule has 0 aliphatic carbocycles. The lowest BCUT2D eigenvalue weighted by molar-refractivity contribution is -0.384. The van der Waals surface area contributed by atoms with Gasteiger partial charge < -0.3 is 15.4 Å². The quantitative estimate of drug-likeness (QED) is 0.425. The second-order valence-electron chi connectivity index (χ2n) is 5.51. The van der Waals surface area contributed by atoms with E-state index in [9.17, 15) is 19.7 Å². The molecule has 26 heavy (non-hydrogen) atoms. The second-order valence-corrected chi connectivity index (χ2v) is 5.51. The highest BCUT2D eigenvalue weighted by Crippen LogP contribution is 2.13. The van der Waals surface area contributed by atoms with Crippen LogP contribution < -0.4 is 15.4 Å². The number of carbonyl (C=O) groups is 2. The molecule has 0 atom stereocenters. The van der Waals surface area contributed by atoms with E-state index >= 15 is 0 Å². The molecule has 136 valence electrons. The Morgan fingerprint density at radius 2 is 1.88 bits per heavy atom. The summed E-state index contributed by atoms with van der Waals surface area (Å²) in [5, 5.41) is 15.7. The largest absolute Gasteiger partial charge is 0.492 e. The molecule has 0 radical (unpaired) electrons. The molecule has 0 bridgehead atoms. The Bertz CT molecular complexity index is 807. The number of carbonyl (C=O) groups excluding carboxylic acids is 2. The molecule has 0 fully saturated rings. The topological polar surface area (TPSA) is 111 Å². The summed E-state index contributed by atoms with van der Waals surface area (Å²) in [6.45, 7) is 2.32. The van der Waals surface area contributed by atoms with Crippen LogP contribution in [0.3, 0.4) is 0 Å². The van der Waals surface area contributed by atoms with Crippen molar-refractivity contribution in [2.45, 2.75) is 6.92 Å². The minimum atomic E-state index is -0.586. The molecule has 8 heteroatoms. The first-order valence-electron chi connectivity index (χ1n) is 7.94. The van der Waals surface area contributed by atoms with Crippen LogP contribution in [-0.2, 0) is 4.79 Å². The van der Waals surface area contributed by atoms with Gasteiger partial charge >= 0.3 is 0 Å². The minimum Gasteiger partial charge on any atom is -0.492 e. The van der Waals surface area contributed by atoms with E-state index in [0.29, 0.717) is 13.2 Å². The molecular formula is C18H19N3O5. The van der Waals surface area contributed by atoms with E-state index in [4.69, 9.17) is 4.74 Å². The van der Waals surface area contributed by atoms with Crippen molar-refractivity contribution < 1.29 is 19.2 Å². The molecule has 0 saturated heterocycles. The van der Waals surface area contributed by atoms with Crippen LogP contribution in [0.4, 0.5) is 5.69 Å². The van der Waals surface area contributed by atoms with Crippen LogP contribution in [0.1, 0.15) is 15.9 Å². The first-order chi connectivity index (χ1) is 12.5. The molecule has 0 saturated carbocycles. The smallest absolute Gasteiger partial charge is 0.270 e. The highest BCUT2D eigenvalue weighted by Gasteiger charge is 2.12. The average Bonchev–Trinajstić information content (AvgIpc) is 2.63. The van der Waals surface area contributed by atoms with E-state index in [0.717, 1.165) is 17.4 Å². The van der Waals surface area contributed by atoms with Crippen LogP contribution >= 0.6 is 0 Å². The van der Waals surface area contributed by atoms with Gasteiger partial charge in [0.25, 0.3) is 11.6 Å². The van der Waals surface area contributed by atoms with Gasteiger partial charge in [-0.2, -0.15) is 0 Å². The van der Waals surface area contributed by atoms with Gasteiger partial charge in [0.2, 0.25) is 5.91 Å². The van der Waals surface area contributed by atoms with E-state index in [1.165, 1.54) is 18.2 Å². The lowest BCUT2D eigenvalue weighted by Gasteiger charge is -2.09. The number of amides is 2. The number of nitrogens with zero attached hydrogens (tertiary/aromatic N) is 1. The fourth-order valence-electron chi connectivity index (χ4n) is 2.15. The Labute approximate surface area is 150 Å². The average molecular weight is 357 g/mol. The van der Waals surface area contributed by atoms with Crippen molar-refractivity contribution in [2.24, 2.45) is 0 Å². The lowest BCUT2D eigenvalue weighted by atomic mass is 10.2. The fourth-order valence-corrected chi connectivity index (χ4v) is 2.15. The summed E-state index contributed by atoms with van der Waals surface area (Å²) >= 11 is 0. The Morgan fingerprint density at radius 3 is 2.62 bits per heavy atom. The van der Waals surface area contributed by atoms with E-state index < -0.39 is 10.8 Å². The van der Waals surface area contributed by atoms with Gasteiger partial charge in [-0.05, 0) is 30.7 Å². The summed E-state index contributed by atoms with van der Waals surface area (Å²) in [5.74, 6) is -0.213. The Balaban J connectivity index is 1.70. The molecule has 0 aliphatic rings. The first kappa shape index (κ1) is 18.9. The van der Waals surface area contributed by atoms with Gasteiger partial charge in [0.1, 0.15) is 12.4 Å². The maximum atomic E-state index is 11.9. The van der Waals surface area contributed by atoms with Crippen molar-refractivity contribution in [1.82, 2.24) is 10.6 Å². The summed E-state index contributed by atoms with van der Waals surface area (Å²) in [6, 6.07) is 12.9. The third kappa shape index (κ3) is 5.90. The molecular weight excluding hydrogens is 338 g/mol. The van der Waals surface area contributed by atoms with Gasteiger partial charge in [-0.1, -0.05) is 18.2 Å². The normalized spacial score (nSPS) is 10.0. The zero-order valence-corrected chi connectivity index (χ0v) is 14.2. The zero-order valence-electron chi connectivity index (χ0n) is 14.2. The second kappa shape index (κ2) is 9.16. The van der Waals surface area contributed by atoms with Gasteiger partial charge in [-0.15, -0.1) is 0 Å². The van der Waals surface area contributed by atoms with Gasteiger partial charge in [-0.25, -0.2) is 0 Å². The van der Waals surface area contributed by atoms with Gasteiger partial charge in [0.05, 0.1) is 18.0 Å². The molecule has 2 rings (SSSR count). The highest BCUT2D eigenvalue weighted by molar-refractivity contribution is 5.96. The molecule has 8 nitrogen and oxygen atoms in total. The van der Waals surface area contributed by atoms with Gasteiger partial charge in [0, 0.05) is 17.7 Å². The van der Waals surface area contributed by atoms with Gasteiger partial charge in [0.15, 0.2) is 0 Å². The number of nitro benzene ring substituents is 1. The van der Waals surface area contributed by atoms with Crippen molar-refractivity contribution in [2.75, 3.05) is 19.7 Å². The standard InChI is InChI=1S/C18H19N3O5/c1-13-4-2-7-16(10-13)26-9-8-19-17(22)12-20-18(23)14-5-3-6-15(11-14)21(24)25/h2-7,10-11H,8-9,12H2,1H3,(H,19,22)(H,20,23). The van der Waals surface area contributed by atoms with Crippen molar-refractivity contribution >= 4 is 17.5 Å². The first-order valence-corrected chi connectivity index (χ1v) is 7.94. The molecule has 0 unspecified atom stereocenters.